The number of nitrogen functional groups attached to an aromatic ring is 1. The van der Waals surface area contributed by atoms with Gasteiger partial charge in [0.15, 0.2) is 0 Å². The van der Waals surface area contributed by atoms with E-state index in [1.165, 1.54) is 4.90 Å². The van der Waals surface area contributed by atoms with E-state index in [1.54, 1.807) is 38.1 Å². The number of anilines is 2. The summed E-state index contributed by atoms with van der Waals surface area (Å²) in [5.74, 6) is -0.293. The van der Waals surface area contributed by atoms with Crippen molar-refractivity contribution in [3.05, 3.63) is 52.8 Å². The number of pyridine rings is 1. The normalized spacial score (nSPS) is 13.3. The van der Waals surface area contributed by atoms with Crippen LogP contribution >= 0.6 is 0 Å². The second-order valence-corrected chi connectivity index (χ2v) is 6.43. The summed E-state index contributed by atoms with van der Waals surface area (Å²) in [6, 6.07) is 8.94. The quantitative estimate of drug-likeness (QED) is 0.852. The van der Waals surface area contributed by atoms with Gasteiger partial charge in [-0.15, -0.1) is 0 Å². The molecule has 0 spiro atoms. The molecule has 1 aromatic heterocycles. The molecule has 0 aliphatic carbocycles. The third-order valence-corrected chi connectivity index (χ3v) is 4.47. The van der Waals surface area contributed by atoms with Crippen LogP contribution in [0.1, 0.15) is 38.5 Å². The summed E-state index contributed by atoms with van der Waals surface area (Å²) in [6.07, 6.45) is 1.75. The van der Waals surface area contributed by atoms with Crippen molar-refractivity contribution in [3.63, 3.8) is 0 Å². The number of amides is 2. The number of hydrogen-bond donors (Lipinski definition) is 1. The van der Waals surface area contributed by atoms with Crippen molar-refractivity contribution in [1.29, 1.82) is 0 Å². The highest BCUT2D eigenvalue weighted by molar-refractivity contribution is 6.08. The first-order valence-corrected chi connectivity index (χ1v) is 8.28. The molecule has 0 unspecified atom stereocenters. The minimum Gasteiger partial charge on any atom is -0.398 e. The number of carbonyl (C=O) groups is 2. The van der Waals surface area contributed by atoms with Gasteiger partial charge in [0.25, 0.3) is 11.8 Å². The van der Waals surface area contributed by atoms with Gasteiger partial charge < -0.3 is 15.5 Å². The van der Waals surface area contributed by atoms with E-state index >= 15 is 0 Å². The summed E-state index contributed by atoms with van der Waals surface area (Å²) in [5.41, 5.74) is 10.1. The molecule has 2 heterocycles. The number of hydrogen-bond acceptors (Lipinski definition) is 4. The van der Waals surface area contributed by atoms with Crippen LogP contribution in [0, 0.1) is 6.92 Å². The van der Waals surface area contributed by atoms with Crippen LogP contribution in [0.15, 0.2) is 30.3 Å². The van der Waals surface area contributed by atoms with Crippen LogP contribution in [0.4, 0.5) is 11.4 Å². The molecule has 6 nitrogen and oxygen atoms in total. The molecule has 0 radical (unpaired) electrons. The summed E-state index contributed by atoms with van der Waals surface area (Å²) < 4.78 is 0. The average Bonchev–Trinajstić information content (AvgIpc) is 2.60. The van der Waals surface area contributed by atoms with Crippen LogP contribution in [0.5, 0.6) is 0 Å². The van der Waals surface area contributed by atoms with Gasteiger partial charge in [-0.05, 0) is 49.6 Å². The standard InChI is InChI=1S/C19H22N4O2/c1-12-13(9-10-16(21-12)19(25)22(2)3)18(24)23-11-5-6-14-15(20)7-4-8-17(14)23/h4,7-10H,5-6,11,20H2,1-3H3. The van der Waals surface area contributed by atoms with Crippen LogP contribution in [0.3, 0.4) is 0 Å². The maximum Gasteiger partial charge on any atom is 0.271 e. The lowest BCUT2D eigenvalue weighted by molar-refractivity contribution is 0.0820. The average molecular weight is 338 g/mol. The Balaban J connectivity index is 1.95. The Hall–Kier alpha value is -2.89. The maximum atomic E-state index is 13.1. The molecule has 6 heteroatoms. The minimum absolute atomic E-state index is 0.111. The van der Waals surface area contributed by atoms with Crippen molar-refractivity contribution in [3.8, 4) is 0 Å². The first-order valence-electron chi connectivity index (χ1n) is 8.28. The van der Waals surface area contributed by atoms with E-state index < -0.39 is 0 Å². The van der Waals surface area contributed by atoms with E-state index in [0.717, 1.165) is 29.8 Å². The molecule has 0 saturated carbocycles. The van der Waals surface area contributed by atoms with Crippen molar-refractivity contribution < 1.29 is 9.59 Å². The fourth-order valence-corrected chi connectivity index (χ4v) is 3.14. The zero-order chi connectivity index (χ0) is 18.1. The molecule has 1 aliphatic heterocycles. The number of fused-ring (bicyclic) bond motifs is 1. The molecule has 0 fully saturated rings. The zero-order valence-corrected chi connectivity index (χ0v) is 14.7. The first-order chi connectivity index (χ1) is 11.9. The molecular weight excluding hydrogens is 316 g/mol. The molecule has 2 aromatic rings. The smallest absolute Gasteiger partial charge is 0.271 e. The van der Waals surface area contributed by atoms with E-state index in [4.69, 9.17) is 5.73 Å². The van der Waals surface area contributed by atoms with E-state index in [9.17, 15) is 9.59 Å². The Morgan fingerprint density at radius 1 is 1.20 bits per heavy atom. The summed E-state index contributed by atoms with van der Waals surface area (Å²) in [5, 5.41) is 0. The van der Waals surface area contributed by atoms with Gasteiger partial charge >= 0.3 is 0 Å². The van der Waals surface area contributed by atoms with Crippen LogP contribution in [-0.2, 0) is 6.42 Å². The van der Waals surface area contributed by atoms with Crippen LogP contribution in [0.25, 0.3) is 0 Å². The van der Waals surface area contributed by atoms with Gasteiger partial charge in [0.1, 0.15) is 5.69 Å². The summed E-state index contributed by atoms with van der Waals surface area (Å²) >= 11 is 0. The van der Waals surface area contributed by atoms with E-state index in [-0.39, 0.29) is 11.8 Å². The van der Waals surface area contributed by atoms with Crippen LogP contribution in [0.2, 0.25) is 0 Å². The van der Waals surface area contributed by atoms with Gasteiger partial charge in [-0.1, -0.05) is 6.07 Å². The van der Waals surface area contributed by atoms with Crippen molar-refractivity contribution in [2.75, 3.05) is 31.3 Å². The lowest BCUT2D eigenvalue weighted by Crippen LogP contribution is -2.36. The predicted octanol–water partition coefficient (Wildman–Crippen LogP) is 2.27. The monoisotopic (exact) mass is 338 g/mol. The van der Waals surface area contributed by atoms with Gasteiger partial charge in [0.2, 0.25) is 0 Å². The number of aromatic nitrogens is 1. The molecular formula is C19H22N4O2. The Labute approximate surface area is 147 Å². The summed E-state index contributed by atoms with van der Waals surface area (Å²) in [6.45, 7) is 2.40. The van der Waals surface area contributed by atoms with Crippen LogP contribution < -0.4 is 10.6 Å². The number of carbonyl (C=O) groups excluding carboxylic acids is 2. The lowest BCUT2D eigenvalue weighted by Gasteiger charge is -2.30. The Bertz CT molecular complexity index is 845. The Kier molecular flexibility index (Phi) is 4.44. The zero-order valence-electron chi connectivity index (χ0n) is 14.7. The molecule has 25 heavy (non-hydrogen) atoms. The number of benzene rings is 1. The molecule has 0 bridgehead atoms. The summed E-state index contributed by atoms with van der Waals surface area (Å²) in [4.78, 5) is 32.6. The second kappa shape index (κ2) is 6.55. The molecule has 1 aromatic carbocycles. The molecule has 0 atom stereocenters. The highest BCUT2D eigenvalue weighted by atomic mass is 16.2. The SMILES string of the molecule is Cc1nc(C(=O)N(C)C)ccc1C(=O)N1CCCc2c(N)cccc21. The fraction of sp³-hybridized carbons (Fsp3) is 0.316. The topological polar surface area (TPSA) is 79.5 Å². The van der Waals surface area contributed by atoms with Crippen molar-refractivity contribution in [1.82, 2.24) is 9.88 Å². The molecule has 2 N–H and O–H groups in total. The molecule has 1 aliphatic rings. The summed E-state index contributed by atoms with van der Waals surface area (Å²) in [7, 11) is 3.35. The van der Waals surface area contributed by atoms with Gasteiger partial charge in [-0.25, -0.2) is 4.98 Å². The Morgan fingerprint density at radius 2 is 1.96 bits per heavy atom. The molecule has 3 rings (SSSR count). The third kappa shape index (κ3) is 3.07. The fourth-order valence-electron chi connectivity index (χ4n) is 3.14. The van der Waals surface area contributed by atoms with Crippen molar-refractivity contribution in [2.24, 2.45) is 0 Å². The van der Waals surface area contributed by atoms with Gasteiger partial charge in [0, 0.05) is 32.0 Å². The second-order valence-electron chi connectivity index (χ2n) is 6.43. The lowest BCUT2D eigenvalue weighted by atomic mass is 9.99. The molecule has 130 valence electrons. The number of nitrogens with zero attached hydrogens (tertiary/aromatic N) is 3. The van der Waals surface area contributed by atoms with Crippen molar-refractivity contribution in [2.45, 2.75) is 19.8 Å². The van der Waals surface area contributed by atoms with Gasteiger partial charge in [-0.2, -0.15) is 0 Å². The minimum atomic E-state index is -0.182. The van der Waals surface area contributed by atoms with Crippen molar-refractivity contribution >= 4 is 23.2 Å². The molecule has 2 amide bonds. The van der Waals surface area contributed by atoms with Crippen LogP contribution in [-0.4, -0.2) is 42.3 Å². The van der Waals surface area contributed by atoms with Gasteiger partial charge in [-0.3, -0.25) is 9.59 Å². The number of nitrogens with two attached hydrogens (primary N) is 1. The van der Waals surface area contributed by atoms with E-state index in [1.807, 2.05) is 18.2 Å². The van der Waals surface area contributed by atoms with Gasteiger partial charge in [0.05, 0.1) is 11.3 Å². The predicted molar refractivity (Wildman–Crippen MR) is 97.8 cm³/mol. The highest BCUT2D eigenvalue weighted by Crippen LogP contribution is 2.32. The molecule has 0 saturated heterocycles. The van der Waals surface area contributed by atoms with E-state index in [2.05, 4.69) is 4.98 Å². The largest absolute Gasteiger partial charge is 0.398 e. The first kappa shape index (κ1) is 17.0. The van der Waals surface area contributed by atoms with E-state index in [0.29, 0.717) is 23.5 Å². The maximum absolute atomic E-state index is 13.1. The highest BCUT2D eigenvalue weighted by Gasteiger charge is 2.26. The number of rotatable bonds is 2. The third-order valence-electron chi connectivity index (χ3n) is 4.47. The Morgan fingerprint density at radius 3 is 2.64 bits per heavy atom. The number of aryl methyl sites for hydroxylation is 1.